The molecule has 0 aliphatic heterocycles. The van der Waals surface area contributed by atoms with Crippen LogP contribution in [0.2, 0.25) is 19.6 Å². The molecule has 0 saturated carbocycles. The van der Waals surface area contributed by atoms with E-state index in [0.29, 0.717) is 11.8 Å². The first kappa shape index (κ1) is 42.3. The zero-order chi connectivity index (χ0) is 41.5. The van der Waals surface area contributed by atoms with Gasteiger partial charge < -0.3 is 14.0 Å². The first-order valence-electron chi connectivity index (χ1n) is 21.6. The van der Waals surface area contributed by atoms with Crippen LogP contribution in [0, 0.1) is 12.1 Å². The molecule has 0 unspecified atom stereocenters. The van der Waals surface area contributed by atoms with Crippen molar-refractivity contribution in [1.29, 1.82) is 0 Å². The quantitative estimate of drug-likeness (QED) is 0.118. The summed E-state index contributed by atoms with van der Waals surface area (Å²) in [7, 11) is -1.31. The van der Waals surface area contributed by atoms with Gasteiger partial charge in [0.25, 0.3) is 0 Å². The van der Waals surface area contributed by atoms with Gasteiger partial charge in [-0.2, -0.15) is 0 Å². The average Bonchev–Trinajstić information content (AvgIpc) is 3.85. The largest absolute Gasteiger partial charge is 0.501 e. The minimum absolute atomic E-state index is 0. The van der Waals surface area contributed by atoms with Gasteiger partial charge in [0.05, 0.1) is 30.5 Å². The van der Waals surface area contributed by atoms with Crippen molar-refractivity contribution in [1.82, 2.24) is 14.5 Å². The summed E-state index contributed by atoms with van der Waals surface area (Å²) in [5, 5.41) is 3.75. The number of imidazole rings is 1. The second-order valence-electron chi connectivity index (χ2n) is 17.8. The Balaban J connectivity index is 0.000000206. The number of nitrogens with zero attached hydrogens (tertiary/aromatic N) is 3. The van der Waals surface area contributed by atoms with Crippen molar-refractivity contribution in [2.75, 3.05) is 0 Å². The molecular formula is C55H53IrN3OSi-2. The van der Waals surface area contributed by atoms with Crippen LogP contribution in [0.3, 0.4) is 0 Å². The molecule has 1 radical (unpaired) electrons. The Hall–Kier alpha value is -5.39. The molecule has 3 aromatic heterocycles. The third-order valence-electron chi connectivity index (χ3n) is 12.0. The van der Waals surface area contributed by atoms with Gasteiger partial charge in [-0.15, -0.1) is 54.1 Å². The topological polar surface area (TPSA) is 43.9 Å². The Morgan fingerprint density at radius 1 is 0.672 bits per heavy atom. The number of hydrogen-bond acceptors (Lipinski definition) is 3. The maximum absolute atomic E-state index is 6.47. The number of para-hydroxylation sites is 3. The Morgan fingerprint density at radius 2 is 1.34 bits per heavy atom. The van der Waals surface area contributed by atoms with Gasteiger partial charge in [-0.25, -0.2) is 0 Å². The van der Waals surface area contributed by atoms with Crippen LogP contribution in [0.25, 0.3) is 72.4 Å². The summed E-state index contributed by atoms with van der Waals surface area (Å²) >= 11 is 0. The zero-order valence-electron chi connectivity index (χ0n) is 36.3. The van der Waals surface area contributed by atoms with Crippen molar-refractivity contribution in [3.8, 4) is 39.5 Å². The fourth-order valence-corrected chi connectivity index (χ4v) is 10.7. The molecule has 309 valence electrons. The summed E-state index contributed by atoms with van der Waals surface area (Å²) in [5.41, 5.74) is 16.3. The van der Waals surface area contributed by atoms with Crippen LogP contribution in [-0.2, 0) is 32.9 Å². The van der Waals surface area contributed by atoms with Crippen molar-refractivity contribution in [3.05, 3.63) is 168 Å². The molecule has 9 aromatic rings. The molecule has 0 saturated heterocycles. The number of fused-ring (bicyclic) bond motifs is 5. The van der Waals surface area contributed by atoms with E-state index in [-0.39, 0.29) is 20.1 Å². The van der Waals surface area contributed by atoms with Crippen LogP contribution in [-0.4, -0.2) is 22.6 Å². The summed E-state index contributed by atoms with van der Waals surface area (Å²) in [6.45, 7) is 16.4. The maximum Gasteiger partial charge on any atom is 0.120 e. The Labute approximate surface area is 375 Å². The fourth-order valence-electron chi connectivity index (χ4n) is 9.06. The van der Waals surface area contributed by atoms with Gasteiger partial charge in [0.15, 0.2) is 0 Å². The molecule has 0 amide bonds. The molecule has 0 spiro atoms. The Morgan fingerprint density at radius 3 is 2.05 bits per heavy atom. The van der Waals surface area contributed by atoms with Crippen molar-refractivity contribution >= 4 is 46.2 Å². The number of furan rings is 1. The minimum atomic E-state index is -1.31. The van der Waals surface area contributed by atoms with Crippen LogP contribution in [0.1, 0.15) is 74.6 Å². The van der Waals surface area contributed by atoms with Gasteiger partial charge in [-0.1, -0.05) is 130 Å². The summed E-state index contributed by atoms with van der Waals surface area (Å²) < 4.78 is 8.83. The second kappa shape index (κ2) is 17.5. The third kappa shape index (κ3) is 8.10. The van der Waals surface area contributed by atoms with Crippen LogP contribution >= 0.6 is 0 Å². The SMILES string of the molecule is CC(C)c1cc(-c2ccccc2)cc(C(C)C)c1-n1c(-c2[c-]ccc3c2oc2ccccc23)nc2ccccc21.C[Si](C)(C)c1cnc(-c2[c-]cccc2)c2c1CCCC2.[Ir]. The van der Waals surface area contributed by atoms with Gasteiger partial charge in [0, 0.05) is 37.4 Å². The normalized spacial score (nSPS) is 12.7. The summed E-state index contributed by atoms with van der Waals surface area (Å²) in [6, 6.07) is 51.2. The minimum Gasteiger partial charge on any atom is -0.501 e. The van der Waals surface area contributed by atoms with E-state index in [2.05, 4.69) is 167 Å². The Bertz CT molecular complexity index is 2950. The van der Waals surface area contributed by atoms with Crippen LogP contribution in [0.15, 0.2) is 138 Å². The monoisotopic (exact) mass is 992 g/mol. The number of hydrogen-bond donors (Lipinski definition) is 0. The van der Waals surface area contributed by atoms with Gasteiger partial charge in [-0.05, 0) is 101 Å². The predicted octanol–water partition coefficient (Wildman–Crippen LogP) is 14.3. The molecule has 61 heavy (non-hydrogen) atoms. The van der Waals surface area contributed by atoms with Crippen molar-refractivity contribution in [2.45, 2.75) is 84.9 Å². The summed E-state index contributed by atoms with van der Waals surface area (Å²) in [6.07, 6.45) is 7.19. The fraction of sp³-hybridized carbons (Fsp3) is 0.236. The van der Waals surface area contributed by atoms with E-state index in [1.54, 1.807) is 10.8 Å². The van der Waals surface area contributed by atoms with Gasteiger partial charge in [0.2, 0.25) is 0 Å². The van der Waals surface area contributed by atoms with E-state index in [4.69, 9.17) is 14.4 Å². The smallest absolute Gasteiger partial charge is 0.120 e. The molecule has 3 heterocycles. The van der Waals surface area contributed by atoms with E-state index >= 15 is 0 Å². The van der Waals surface area contributed by atoms with Crippen LogP contribution in [0.5, 0.6) is 0 Å². The molecule has 6 heteroatoms. The predicted molar refractivity (Wildman–Crippen MR) is 254 cm³/mol. The number of rotatable bonds is 7. The average molecular weight is 992 g/mol. The van der Waals surface area contributed by atoms with Gasteiger partial charge >= 0.3 is 0 Å². The molecule has 0 atom stereocenters. The molecule has 1 aliphatic rings. The van der Waals surface area contributed by atoms with Crippen molar-refractivity contribution in [2.24, 2.45) is 0 Å². The molecule has 6 aromatic carbocycles. The number of benzene rings is 6. The van der Waals surface area contributed by atoms with Crippen LogP contribution in [0.4, 0.5) is 0 Å². The van der Waals surface area contributed by atoms with E-state index < -0.39 is 8.07 Å². The van der Waals surface area contributed by atoms with E-state index in [1.165, 1.54) is 64.9 Å². The summed E-state index contributed by atoms with van der Waals surface area (Å²) in [4.78, 5) is 10.1. The standard InChI is InChI=1S/C37H31N2O.C18H22NSi.Ir/c1-23(2)30-21-26(25-13-6-5-7-14-25)22-31(24(3)4)35(30)39-33-19-10-9-18-32(33)38-37(39)29-17-12-16-28-27-15-8-11-20-34(27)40-36(28)29;1-20(2,3)17-13-19-18(14-9-5-4-6-10-14)16-12-8-7-11-15(16)17;/h5-16,18-24H,1-4H3;4-6,9,13H,7-8,11-12H2,1-3H3;/q2*-1;. The van der Waals surface area contributed by atoms with E-state index in [0.717, 1.165) is 49.9 Å². The second-order valence-corrected chi connectivity index (χ2v) is 22.9. The molecule has 0 bridgehead atoms. The molecule has 0 N–H and O–H groups in total. The number of pyridine rings is 1. The molecular weight excluding hydrogens is 939 g/mol. The van der Waals surface area contributed by atoms with Crippen LogP contribution < -0.4 is 5.19 Å². The maximum atomic E-state index is 6.47. The van der Waals surface area contributed by atoms with Crippen molar-refractivity contribution in [3.63, 3.8) is 0 Å². The first-order valence-corrected chi connectivity index (χ1v) is 25.1. The Kier molecular flexibility index (Phi) is 12.2. The first-order chi connectivity index (χ1) is 29.1. The van der Waals surface area contributed by atoms with E-state index in [9.17, 15) is 0 Å². The molecule has 1 aliphatic carbocycles. The van der Waals surface area contributed by atoms with E-state index in [1.807, 2.05) is 30.3 Å². The van der Waals surface area contributed by atoms with Gasteiger partial charge in [-0.3, -0.25) is 4.98 Å². The van der Waals surface area contributed by atoms with Crippen molar-refractivity contribution < 1.29 is 24.5 Å². The van der Waals surface area contributed by atoms with Gasteiger partial charge in [0.1, 0.15) is 5.58 Å². The molecule has 10 rings (SSSR count). The molecule has 0 fully saturated rings. The third-order valence-corrected chi connectivity index (χ3v) is 14.1. The number of aromatic nitrogens is 3. The summed E-state index contributed by atoms with van der Waals surface area (Å²) in [5.74, 6) is 1.45. The zero-order valence-corrected chi connectivity index (χ0v) is 39.7. The molecule has 4 nitrogen and oxygen atoms in total.